The Bertz CT molecular complexity index is 315. The van der Waals surface area contributed by atoms with E-state index in [1.165, 1.54) is 5.56 Å². The Morgan fingerprint density at radius 2 is 2.07 bits per heavy atom. The third kappa shape index (κ3) is 2.55. The van der Waals surface area contributed by atoms with Crippen molar-refractivity contribution < 1.29 is 4.39 Å². The van der Waals surface area contributed by atoms with E-state index in [0.29, 0.717) is 13.0 Å². The summed E-state index contributed by atoms with van der Waals surface area (Å²) in [5, 5.41) is 0. The molecule has 2 rings (SSSR count). The van der Waals surface area contributed by atoms with E-state index >= 15 is 0 Å². The fourth-order valence-electron chi connectivity index (χ4n) is 2.06. The second kappa shape index (κ2) is 4.29. The van der Waals surface area contributed by atoms with Gasteiger partial charge in [-0.05, 0) is 12.0 Å². The number of nitrogens with zero attached hydrogens (tertiary/aromatic N) is 1. The molecule has 2 N–H and O–H groups in total. The summed E-state index contributed by atoms with van der Waals surface area (Å²) in [6.07, 6.45) is 0.566. The van der Waals surface area contributed by atoms with Crippen molar-refractivity contribution in [3.05, 3.63) is 35.9 Å². The number of alkyl halides is 1. The molecule has 0 amide bonds. The van der Waals surface area contributed by atoms with E-state index in [1.54, 1.807) is 0 Å². The number of likely N-dealkylation sites (tertiary alicyclic amines) is 1. The molecule has 2 nitrogen and oxygen atoms in total. The van der Waals surface area contributed by atoms with Crippen molar-refractivity contribution in [1.29, 1.82) is 0 Å². The van der Waals surface area contributed by atoms with E-state index in [4.69, 9.17) is 5.73 Å². The Kier molecular flexibility index (Phi) is 3.03. The third-order valence-electron chi connectivity index (χ3n) is 3.00. The van der Waals surface area contributed by atoms with Crippen LogP contribution >= 0.6 is 0 Å². The zero-order valence-corrected chi connectivity index (χ0v) is 8.82. The molecule has 0 bridgehead atoms. The van der Waals surface area contributed by atoms with Gasteiger partial charge >= 0.3 is 0 Å². The molecule has 0 spiro atoms. The van der Waals surface area contributed by atoms with Crippen molar-refractivity contribution >= 4 is 0 Å². The lowest BCUT2D eigenvalue weighted by atomic mass is 10.1. The number of halogens is 1. The van der Waals surface area contributed by atoms with E-state index < -0.39 is 5.67 Å². The minimum Gasteiger partial charge on any atom is -0.327 e. The minimum absolute atomic E-state index is 0.137. The SMILES string of the molecule is NC[C@@]1(F)CCN(Cc2ccccc2)C1. The van der Waals surface area contributed by atoms with E-state index in [1.807, 2.05) is 18.2 Å². The molecule has 1 fully saturated rings. The van der Waals surface area contributed by atoms with Crippen LogP contribution in [0.15, 0.2) is 30.3 Å². The van der Waals surface area contributed by atoms with Gasteiger partial charge in [0.25, 0.3) is 0 Å². The van der Waals surface area contributed by atoms with Crippen LogP contribution in [-0.2, 0) is 6.54 Å². The second-order valence-corrected chi connectivity index (χ2v) is 4.30. The van der Waals surface area contributed by atoms with E-state index in [2.05, 4.69) is 17.0 Å². The number of rotatable bonds is 3. The van der Waals surface area contributed by atoms with E-state index in [0.717, 1.165) is 13.1 Å². The summed E-state index contributed by atoms with van der Waals surface area (Å²) in [7, 11) is 0. The molecule has 0 aromatic heterocycles. The predicted molar refractivity (Wildman–Crippen MR) is 59.2 cm³/mol. The van der Waals surface area contributed by atoms with Gasteiger partial charge < -0.3 is 5.73 Å². The maximum Gasteiger partial charge on any atom is 0.137 e. The van der Waals surface area contributed by atoms with Crippen LogP contribution in [0.3, 0.4) is 0 Å². The molecule has 1 aliphatic heterocycles. The summed E-state index contributed by atoms with van der Waals surface area (Å²) < 4.78 is 13.8. The highest BCUT2D eigenvalue weighted by molar-refractivity contribution is 5.15. The summed E-state index contributed by atoms with van der Waals surface area (Å²) in [6.45, 7) is 2.24. The maximum atomic E-state index is 13.8. The quantitative estimate of drug-likeness (QED) is 0.816. The van der Waals surface area contributed by atoms with Crippen molar-refractivity contribution in [2.75, 3.05) is 19.6 Å². The molecule has 1 heterocycles. The molecule has 1 aromatic carbocycles. The Balaban J connectivity index is 1.93. The van der Waals surface area contributed by atoms with Crippen molar-refractivity contribution in [2.45, 2.75) is 18.6 Å². The van der Waals surface area contributed by atoms with Crippen LogP contribution < -0.4 is 5.73 Å². The molecule has 1 aromatic rings. The molecule has 0 radical (unpaired) electrons. The highest BCUT2D eigenvalue weighted by atomic mass is 19.1. The molecule has 3 heteroatoms. The molecular weight excluding hydrogens is 191 g/mol. The van der Waals surface area contributed by atoms with Crippen LogP contribution in [-0.4, -0.2) is 30.2 Å². The largest absolute Gasteiger partial charge is 0.327 e. The van der Waals surface area contributed by atoms with Gasteiger partial charge in [0, 0.05) is 26.2 Å². The second-order valence-electron chi connectivity index (χ2n) is 4.30. The molecule has 1 saturated heterocycles. The van der Waals surface area contributed by atoms with Gasteiger partial charge in [-0.25, -0.2) is 4.39 Å². The summed E-state index contributed by atoms with van der Waals surface area (Å²) in [6, 6.07) is 10.2. The van der Waals surface area contributed by atoms with Gasteiger partial charge in [-0.1, -0.05) is 30.3 Å². The van der Waals surface area contributed by atoms with Gasteiger partial charge in [-0.3, -0.25) is 4.90 Å². The molecule has 0 aliphatic carbocycles. The average Bonchev–Trinajstić information content (AvgIpc) is 2.63. The normalized spacial score (nSPS) is 27.1. The Morgan fingerprint density at radius 3 is 2.67 bits per heavy atom. The molecule has 0 saturated carbocycles. The standard InChI is InChI=1S/C12H17FN2/c13-12(9-14)6-7-15(10-12)8-11-4-2-1-3-5-11/h1-5H,6-10,14H2/t12-/m0/s1. The van der Waals surface area contributed by atoms with Crippen molar-refractivity contribution in [3.63, 3.8) is 0 Å². The first-order chi connectivity index (χ1) is 7.22. The highest BCUT2D eigenvalue weighted by Gasteiger charge is 2.36. The Morgan fingerprint density at radius 1 is 1.33 bits per heavy atom. The fourth-order valence-corrected chi connectivity index (χ4v) is 2.06. The van der Waals surface area contributed by atoms with Gasteiger partial charge in [0.15, 0.2) is 0 Å². The number of hydrogen-bond donors (Lipinski definition) is 1. The topological polar surface area (TPSA) is 29.3 Å². The van der Waals surface area contributed by atoms with E-state index in [-0.39, 0.29) is 6.54 Å². The van der Waals surface area contributed by atoms with Crippen LogP contribution in [0.2, 0.25) is 0 Å². The van der Waals surface area contributed by atoms with Crippen LogP contribution in [0.4, 0.5) is 4.39 Å². The summed E-state index contributed by atoms with van der Waals surface area (Å²) >= 11 is 0. The minimum atomic E-state index is -1.16. The average molecular weight is 208 g/mol. The monoisotopic (exact) mass is 208 g/mol. The van der Waals surface area contributed by atoms with Crippen molar-refractivity contribution in [3.8, 4) is 0 Å². The number of benzene rings is 1. The van der Waals surface area contributed by atoms with Crippen LogP contribution in [0.5, 0.6) is 0 Å². The molecule has 15 heavy (non-hydrogen) atoms. The number of hydrogen-bond acceptors (Lipinski definition) is 2. The lowest BCUT2D eigenvalue weighted by Crippen LogP contribution is -2.36. The first kappa shape index (κ1) is 10.6. The first-order valence-electron chi connectivity index (χ1n) is 5.37. The Labute approximate surface area is 89.9 Å². The summed E-state index contributed by atoms with van der Waals surface area (Å²) in [4.78, 5) is 2.13. The van der Waals surface area contributed by atoms with E-state index in [9.17, 15) is 4.39 Å². The van der Waals surface area contributed by atoms with Crippen molar-refractivity contribution in [2.24, 2.45) is 5.73 Å². The highest BCUT2D eigenvalue weighted by Crippen LogP contribution is 2.25. The van der Waals surface area contributed by atoms with Gasteiger partial charge in [0.2, 0.25) is 0 Å². The molecule has 82 valence electrons. The summed E-state index contributed by atoms with van der Waals surface area (Å²) in [5.74, 6) is 0. The van der Waals surface area contributed by atoms with Gasteiger partial charge in [0.1, 0.15) is 5.67 Å². The zero-order valence-electron chi connectivity index (χ0n) is 8.82. The molecule has 0 unspecified atom stereocenters. The maximum absolute atomic E-state index is 13.8. The molecule has 1 atom stereocenters. The number of nitrogens with two attached hydrogens (primary N) is 1. The lowest BCUT2D eigenvalue weighted by molar-refractivity contribution is 0.173. The third-order valence-corrected chi connectivity index (χ3v) is 3.00. The first-order valence-corrected chi connectivity index (χ1v) is 5.37. The van der Waals surface area contributed by atoms with Crippen LogP contribution in [0, 0.1) is 0 Å². The lowest BCUT2D eigenvalue weighted by Gasteiger charge is -2.19. The molecular formula is C12H17FN2. The smallest absolute Gasteiger partial charge is 0.137 e. The zero-order chi connectivity index (χ0) is 10.7. The molecule has 1 aliphatic rings. The predicted octanol–water partition coefficient (Wildman–Crippen LogP) is 1.56. The van der Waals surface area contributed by atoms with Crippen molar-refractivity contribution in [1.82, 2.24) is 4.90 Å². The van der Waals surface area contributed by atoms with Crippen LogP contribution in [0.1, 0.15) is 12.0 Å². The van der Waals surface area contributed by atoms with Gasteiger partial charge in [-0.15, -0.1) is 0 Å². The van der Waals surface area contributed by atoms with Gasteiger partial charge in [0.05, 0.1) is 0 Å². The Hall–Kier alpha value is -0.930. The summed E-state index contributed by atoms with van der Waals surface area (Å²) in [5.41, 5.74) is 5.50. The van der Waals surface area contributed by atoms with Crippen LogP contribution in [0.25, 0.3) is 0 Å². The van der Waals surface area contributed by atoms with Gasteiger partial charge in [-0.2, -0.15) is 0 Å². The fraction of sp³-hybridized carbons (Fsp3) is 0.500.